The average molecular weight is 314 g/mol. The van der Waals surface area contributed by atoms with Gasteiger partial charge in [0.05, 0.1) is 0 Å². The second-order valence-corrected chi connectivity index (χ2v) is 6.37. The monoisotopic (exact) mass is 314 g/mol. The third-order valence-electron chi connectivity index (χ3n) is 3.51. The van der Waals surface area contributed by atoms with Crippen LogP contribution in [0.3, 0.4) is 0 Å². The number of anilines is 1. The van der Waals surface area contributed by atoms with Crippen molar-refractivity contribution in [1.29, 1.82) is 0 Å². The molecule has 2 aromatic rings. The van der Waals surface area contributed by atoms with Gasteiger partial charge in [0.2, 0.25) is 5.91 Å². The van der Waals surface area contributed by atoms with Crippen LogP contribution in [0.5, 0.6) is 11.5 Å². The largest absolute Gasteiger partial charge is 0.457 e. The van der Waals surface area contributed by atoms with E-state index in [4.69, 9.17) is 10.5 Å². The first-order valence-electron chi connectivity index (χ1n) is 7.23. The molecule has 0 bridgehead atoms. The fourth-order valence-electron chi connectivity index (χ4n) is 2.35. The summed E-state index contributed by atoms with van der Waals surface area (Å²) in [4.78, 5) is 11.2. The maximum Gasteiger partial charge on any atom is 0.248 e. The highest BCUT2D eigenvalue weighted by Gasteiger charge is 2.14. The van der Waals surface area contributed by atoms with Crippen LogP contribution in [0.25, 0.3) is 0 Å². The second kappa shape index (κ2) is 6.75. The summed E-state index contributed by atoms with van der Waals surface area (Å²) in [5, 5.41) is 3.52. The van der Waals surface area contributed by atoms with E-state index in [1.165, 1.54) is 12.2 Å². The lowest BCUT2D eigenvalue weighted by atomic mass is 10.2. The summed E-state index contributed by atoms with van der Waals surface area (Å²) in [7, 11) is 0. The number of amides is 1. The molecule has 22 heavy (non-hydrogen) atoms. The number of primary amides is 1. The van der Waals surface area contributed by atoms with Gasteiger partial charge in [0.1, 0.15) is 11.5 Å². The predicted molar refractivity (Wildman–Crippen MR) is 90.8 cm³/mol. The van der Waals surface area contributed by atoms with E-state index in [2.05, 4.69) is 5.32 Å². The van der Waals surface area contributed by atoms with Gasteiger partial charge >= 0.3 is 0 Å². The van der Waals surface area contributed by atoms with Crippen LogP contribution in [0.15, 0.2) is 48.5 Å². The molecule has 4 nitrogen and oxygen atoms in total. The summed E-state index contributed by atoms with van der Waals surface area (Å²) in [5.41, 5.74) is 6.81. The number of carbonyl (C=O) groups is 1. The zero-order valence-electron chi connectivity index (χ0n) is 12.1. The fraction of sp³-hybridized carbons (Fsp3) is 0.235. The number of benzene rings is 2. The van der Waals surface area contributed by atoms with Crippen molar-refractivity contribution in [2.75, 3.05) is 16.8 Å². The SMILES string of the molecule is NC(=O)c1cccc(Oc2ccc(N[C@@H]3CCSC3)cc2)c1. The summed E-state index contributed by atoms with van der Waals surface area (Å²) in [6.07, 6.45) is 1.21. The van der Waals surface area contributed by atoms with E-state index < -0.39 is 5.91 Å². The first-order valence-corrected chi connectivity index (χ1v) is 8.38. The third kappa shape index (κ3) is 3.74. The van der Waals surface area contributed by atoms with Crippen LogP contribution in [0, 0.1) is 0 Å². The van der Waals surface area contributed by atoms with Gasteiger partial charge < -0.3 is 15.8 Å². The van der Waals surface area contributed by atoms with E-state index >= 15 is 0 Å². The summed E-state index contributed by atoms with van der Waals surface area (Å²) in [5.74, 6) is 3.27. The van der Waals surface area contributed by atoms with Crippen LogP contribution in [0.1, 0.15) is 16.8 Å². The number of hydrogen-bond acceptors (Lipinski definition) is 4. The van der Waals surface area contributed by atoms with Crippen molar-refractivity contribution in [3.63, 3.8) is 0 Å². The molecule has 2 aromatic carbocycles. The number of nitrogens with two attached hydrogens (primary N) is 1. The Balaban J connectivity index is 1.65. The number of nitrogens with one attached hydrogen (secondary N) is 1. The van der Waals surface area contributed by atoms with Gasteiger partial charge in [-0.25, -0.2) is 0 Å². The molecule has 1 aliphatic rings. The predicted octanol–water partition coefficient (Wildman–Crippen LogP) is 3.50. The van der Waals surface area contributed by atoms with Gasteiger partial charge in [-0.1, -0.05) is 6.07 Å². The zero-order chi connectivity index (χ0) is 15.4. The van der Waals surface area contributed by atoms with Gasteiger partial charge in [-0.2, -0.15) is 11.8 Å². The Kier molecular flexibility index (Phi) is 4.53. The normalized spacial score (nSPS) is 17.2. The number of hydrogen-bond donors (Lipinski definition) is 2. The van der Waals surface area contributed by atoms with E-state index in [9.17, 15) is 4.79 Å². The smallest absolute Gasteiger partial charge is 0.248 e. The molecule has 0 saturated carbocycles. The Morgan fingerprint density at radius 3 is 2.68 bits per heavy atom. The van der Waals surface area contributed by atoms with Gasteiger partial charge in [-0.15, -0.1) is 0 Å². The van der Waals surface area contributed by atoms with Gasteiger partial charge in [-0.3, -0.25) is 4.79 Å². The highest BCUT2D eigenvalue weighted by atomic mass is 32.2. The van der Waals surface area contributed by atoms with Gasteiger partial charge in [-0.05, 0) is 54.6 Å². The maximum absolute atomic E-state index is 11.2. The molecule has 1 heterocycles. The number of ether oxygens (including phenoxy) is 1. The third-order valence-corrected chi connectivity index (χ3v) is 4.67. The molecule has 1 saturated heterocycles. The average Bonchev–Trinajstić information content (AvgIpc) is 3.02. The quantitative estimate of drug-likeness (QED) is 0.886. The lowest BCUT2D eigenvalue weighted by Crippen LogP contribution is -2.17. The molecular formula is C17H18N2O2S. The Morgan fingerprint density at radius 2 is 2.00 bits per heavy atom. The molecule has 3 rings (SSSR count). The lowest BCUT2D eigenvalue weighted by molar-refractivity contribution is 0.1000. The molecule has 1 atom stereocenters. The van der Waals surface area contributed by atoms with Crippen LogP contribution < -0.4 is 15.8 Å². The van der Waals surface area contributed by atoms with Crippen molar-refractivity contribution in [2.24, 2.45) is 5.73 Å². The number of carbonyl (C=O) groups excluding carboxylic acids is 1. The summed E-state index contributed by atoms with van der Waals surface area (Å²) >= 11 is 1.99. The van der Waals surface area contributed by atoms with Crippen molar-refractivity contribution in [3.05, 3.63) is 54.1 Å². The fourth-order valence-corrected chi connectivity index (χ4v) is 3.50. The van der Waals surface area contributed by atoms with Gasteiger partial charge in [0, 0.05) is 23.0 Å². The Bertz CT molecular complexity index is 652. The lowest BCUT2D eigenvalue weighted by Gasteiger charge is -2.13. The maximum atomic E-state index is 11.2. The molecule has 3 N–H and O–H groups in total. The number of thioether (sulfide) groups is 1. The summed E-state index contributed by atoms with van der Waals surface area (Å²) < 4.78 is 5.75. The minimum absolute atomic E-state index is 0.439. The van der Waals surface area contributed by atoms with Crippen molar-refractivity contribution in [1.82, 2.24) is 0 Å². The van der Waals surface area contributed by atoms with E-state index in [1.807, 2.05) is 36.0 Å². The van der Waals surface area contributed by atoms with Crippen LogP contribution in [0.2, 0.25) is 0 Å². The molecule has 1 amide bonds. The van der Waals surface area contributed by atoms with E-state index in [1.54, 1.807) is 24.3 Å². The van der Waals surface area contributed by atoms with Crippen molar-refractivity contribution in [2.45, 2.75) is 12.5 Å². The Morgan fingerprint density at radius 1 is 1.18 bits per heavy atom. The van der Waals surface area contributed by atoms with E-state index in [-0.39, 0.29) is 0 Å². The highest BCUT2D eigenvalue weighted by molar-refractivity contribution is 7.99. The van der Waals surface area contributed by atoms with Crippen LogP contribution >= 0.6 is 11.8 Å². The van der Waals surface area contributed by atoms with E-state index in [0.717, 1.165) is 17.2 Å². The van der Waals surface area contributed by atoms with Crippen LogP contribution in [-0.2, 0) is 0 Å². The summed E-state index contributed by atoms with van der Waals surface area (Å²) in [6.45, 7) is 0. The Hall–Kier alpha value is -2.14. The molecule has 0 unspecified atom stereocenters. The molecule has 1 aliphatic heterocycles. The van der Waals surface area contributed by atoms with E-state index in [0.29, 0.717) is 17.4 Å². The van der Waals surface area contributed by atoms with Crippen molar-refractivity contribution >= 4 is 23.4 Å². The minimum Gasteiger partial charge on any atom is -0.457 e. The molecule has 1 fully saturated rings. The molecule has 114 valence electrons. The first kappa shape index (κ1) is 14.8. The molecular weight excluding hydrogens is 296 g/mol. The number of rotatable bonds is 5. The topological polar surface area (TPSA) is 64.4 Å². The molecule has 0 aromatic heterocycles. The molecule has 0 radical (unpaired) electrons. The van der Waals surface area contributed by atoms with Crippen LogP contribution in [-0.4, -0.2) is 23.5 Å². The Labute approximate surface area is 134 Å². The van der Waals surface area contributed by atoms with Crippen LogP contribution in [0.4, 0.5) is 5.69 Å². The minimum atomic E-state index is -0.459. The molecule has 0 aliphatic carbocycles. The highest BCUT2D eigenvalue weighted by Crippen LogP contribution is 2.26. The molecule has 5 heteroatoms. The first-order chi connectivity index (χ1) is 10.7. The summed E-state index contributed by atoms with van der Waals surface area (Å²) in [6, 6.07) is 15.3. The zero-order valence-corrected chi connectivity index (χ0v) is 12.9. The standard InChI is InChI=1S/C17H18N2O2S/c18-17(20)12-2-1-3-16(10-12)21-15-6-4-13(5-7-15)19-14-8-9-22-11-14/h1-7,10,14,19H,8-9,11H2,(H2,18,20)/t14-/m1/s1. The van der Waals surface area contributed by atoms with Crippen molar-refractivity contribution < 1.29 is 9.53 Å². The van der Waals surface area contributed by atoms with Gasteiger partial charge in [0.25, 0.3) is 0 Å². The van der Waals surface area contributed by atoms with Crippen molar-refractivity contribution in [3.8, 4) is 11.5 Å². The van der Waals surface area contributed by atoms with Gasteiger partial charge in [0.15, 0.2) is 0 Å². The molecule has 0 spiro atoms. The second-order valence-electron chi connectivity index (χ2n) is 5.22.